The van der Waals surface area contributed by atoms with Gasteiger partial charge in [0.2, 0.25) is 0 Å². The maximum absolute atomic E-state index is 10.8. The van der Waals surface area contributed by atoms with E-state index in [1.165, 1.54) is 0 Å². The van der Waals surface area contributed by atoms with Crippen LogP contribution in [0.3, 0.4) is 0 Å². The second kappa shape index (κ2) is 17.3. The highest BCUT2D eigenvalue weighted by Crippen LogP contribution is 1.91. The molecule has 0 aliphatic carbocycles. The topological polar surface area (TPSA) is 192 Å². The molecule has 0 N–H and O–H groups in total. The van der Waals surface area contributed by atoms with Gasteiger partial charge in [0.15, 0.2) is 0 Å². The molecule has 0 atom stereocenters. The summed E-state index contributed by atoms with van der Waals surface area (Å²) in [4.78, 5) is 83.9. The van der Waals surface area contributed by atoms with Crippen LogP contribution >= 0.6 is 0 Å². The van der Waals surface area contributed by atoms with Gasteiger partial charge >= 0.3 is 47.8 Å². The summed E-state index contributed by atoms with van der Waals surface area (Å²) in [5.41, 5.74) is 0. The summed E-state index contributed by atoms with van der Waals surface area (Å²) >= 11 is 0. The van der Waals surface area contributed by atoms with Crippen molar-refractivity contribution in [1.29, 1.82) is 0 Å². The first kappa shape index (κ1) is 29.7. The summed E-state index contributed by atoms with van der Waals surface area (Å²) < 4.78 is 26.0. The van der Waals surface area contributed by atoms with Crippen molar-refractivity contribution >= 4 is 47.8 Å². The van der Waals surface area contributed by atoms with E-state index >= 15 is 0 Å². The van der Waals surface area contributed by atoms with Crippen LogP contribution in [0.4, 0.5) is 0 Å². The number of hydrogen-bond acceptors (Lipinski definition) is 14. The largest absolute Gasteiger partial charge is 0.393 e. The third-order valence-electron chi connectivity index (χ3n) is 2.13. The van der Waals surface area contributed by atoms with E-state index in [-0.39, 0.29) is 26.4 Å². The molecule has 0 aliphatic rings. The van der Waals surface area contributed by atoms with Gasteiger partial charge < -0.3 is 28.4 Å². The molecule has 0 fully saturated rings. The van der Waals surface area contributed by atoms with Gasteiger partial charge in [-0.25, -0.2) is 9.59 Å². The molecule has 0 spiro atoms. The SMILES string of the molecule is CC(=O)OC(=O)CC(=O)OC(C)=O.CC(=O)OC(=O)COCCOCC(=O)OC(C)=O. The lowest BCUT2D eigenvalue weighted by molar-refractivity contribution is -0.165. The van der Waals surface area contributed by atoms with Gasteiger partial charge in [-0.2, -0.15) is 0 Å². The third kappa shape index (κ3) is 24.4. The van der Waals surface area contributed by atoms with Crippen molar-refractivity contribution in [2.75, 3.05) is 26.4 Å². The Hall–Kier alpha value is -3.52. The second-order valence-corrected chi connectivity index (χ2v) is 5.14. The van der Waals surface area contributed by atoms with Gasteiger partial charge in [-0.1, -0.05) is 0 Å². The lowest BCUT2D eigenvalue weighted by Gasteiger charge is -2.04. The molecule has 0 unspecified atom stereocenters. The van der Waals surface area contributed by atoms with Crippen LogP contribution in [0, 0.1) is 0 Å². The van der Waals surface area contributed by atoms with Crippen LogP contribution in [0.1, 0.15) is 34.1 Å². The molecule has 14 nitrogen and oxygen atoms in total. The maximum atomic E-state index is 10.8. The van der Waals surface area contributed by atoms with Crippen LogP contribution in [0.5, 0.6) is 0 Å². The molecule has 0 rings (SSSR count). The van der Waals surface area contributed by atoms with E-state index in [9.17, 15) is 38.4 Å². The molecule has 0 saturated heterocycles. The first-order valence-corrected chi connectivity index (χ1v) is 8.33. The van der Waals surface area contributed by atoms with E-state index < -0.39 is 54.2 Å². The van der Waals surface area contributed by atoms with Gasteiger partial charge in [0.1, 0.15) is 19.6 Å². The van der Waals surface area contributed by atoms with E-state index in [0.717, 1.165) is 27.7 Å². The molecule has 0 radical (unpaired) electrons. The van der Waals surface area contributed by atoms with E-state index in [1.54, 1.807) is 0 Å². The number of rotatable bonds is 9. The van der Waals surface area contributed by atoms with Crippen molar-refractivity contribution in [2.24, 2.45) is 0 Å². The minimum atomic E-state index is -1.04. The quantitative estimate of drug-likeness (QED) is 0.175. The third-order valence-corrected chi connectivity index (χ3v) is 2.13. The zero-order valence-electron chi connectivity index (χ0n) is 17.3. The van der Waals surface area contributed by atoms with E-state index in [0.29, 0.717) is 0 Å². The summed E-state index contributed by atoms with van der Waals surface area (Å²) in [5, 5.41) is 0. The normalized spacial score (nSPS) is 9.29. The van der Waals surface area contributed by atoms with E-state index in [2.05, 4.69) is 18.9 Å². The molecule has 0 amide bonds. The number of carbonyl (C=O) groups excluding carboxylic acids is 8. The summed E-state index contributed by atoms with van der Waals surface area (Å²) in [7, 11) is 0. The molecule has 174 valence electrons. The van der Waals surface area contributed by atoms with Gasteiger partial charge in [-0.05, 0) is 0 Å². The van der Waals surface area contributed by atoms with Crippen molar-refractivity contribution in [2.45, 2.75) is 34.1 Å². The van der Waals surface area contributed by atoms with Crippen LogP contribution in [0.2, 0.25) is 0 Å². The predicted octanol–water partition coefficient (Wildman–Crippen LogP) is -1.25. The van der Waals surface area contributed by atoms with Gasteiger partial charge in [-0.3, -0.25) is 28.8 Å². The van der Waals surface area contributed by atoms with Gasteiger partial charge in [-0.15, -0.1) is 0 Å². The summed E-state index contributed by atoms with van der Waals surface area (Å²) in [6, 6.07) is 0. The summed E-state index contributed by atoms with van der Waals surface area (Å²) in [6.07, 6.45) is -0.751. The molecule has 0 bridgehead atoms. The fourth-order valence-electron chi connectivity index (χ4n) is 1.32. The zero-order valence-corrected chi connectivity index (χ0v) is 17.3. The molecular formula is C17H22O14. The number of carbonyl (C=O) groups is 8. The van der Waals surface area contributed by atoms with Crippen LogP contribution in [-0.4, -0.2) is 74.2 Å². The Morgan fingerprint density at radius 1 is 0.452 bits per heavy atom. The Morgan fingerprint density at radius 2 is 0.710 bits per heavy atom. The van der Waals surface area contributed by atoms with Crippen LogP contribution in [0.25, 0.3) is 0 Å². The Bertz CT molecular complexity index is 635. The lowest BCUT2D eigenvalue weighted by atomic mass is 10.4. The van der Waals surface area contributed by atoms with Crippen molar-refractivity contribution in [1.82, 2.24) is 0 Å². The molecule has 0 heterocycles. The minimum absolute atomic E-state index is 0.0281. The Labute approximate surface area is 176 Å². The Morgan fingerprint density at radius 3 is 0.968 bits per heavy atom. The van der Waals surface area contributed by atoms with Crippen LogP contribution < -0.4 is 0 Å². The monoisotopic (exact) mass is 450 g/mol. The second-order valence-electron chi connectivity index (χ2n) is 5.14. The van der Waals surface area contributed by atoms with Crippen molar-refractivity contribution in [3.63, 3.8) is 0 Å². The highest BCUT2D eigenvalue weighted by Gasteiger charge is 2.15. The van der Waals surface area contributed by atoms with Gasteiger partial charge in [0.25, 0.3) is 0 Å². The Kier molecular flexibility index (Phi) is 16.6. The molecular weight excluding hydrogens is 428 g/mol. The molecule has 0 aromatic rings. The van der Waals surface area contributed by atoms with Gasteiger partial charge in [0, 0.05) is 27.7 Å². The Balaban J connectivity index is 0. The first-order valence-electron chi connectivity index (χ1n) is 8.33. The molecule has 0 aromatic heterocycles. The summed E-state index contributed by atoms with van der Waals surface area (Å²) in [6.45, 7) is 3.52. The number of hydrogen-bond donors (Lipinski definition) is 0. The minimum Gasteiger partial charge on any atom is -0.393 e. The number of ether oxygens (including phenoxy) is 6. The number of esters is 8. The van der Waals surface area contributed by atoms with Crippen LogP contribution in [0.15, 0.2) is 0 Å². The molecule has 14 heteroatoms. The highest BCUT2D eigenvalue weighted by atomic mass is 16.6. The lowest BCUT2D eigenvalue weighted by Crippen LogP contribution is -2.19. The maximum Gasteiger partial charge on any atom is 0.339 e. The van der Waals surface area contributed by atoms with Crippen molar-refractivity contribution < 1.29 is 66.8 Å². The smallest absolute Gasteiger partial charge is 0.339 e. The predicted molar refractivity (Wildman–Crippen MR) is 93.3 cm³/mol. The van der Waals surface area contributed by atoms with Gasteiger partial charge in [0.05, 0.1) is 13.2 Å². The molecule has 0 aromatic carbocycles. The standard InChI is InChI=1S/C10H14O8.C7H8O6/c1-7(11)17-9(13)5-15-3-4-16-6-10(14)18-8(2)12;1-4(8)12-6(10)3-7(11)13-5(2)9/h3-6H2,1-2H3;3H2,1-2H3. The molecule has 31 heavy (non-hydrogen) atoms. The van der Waals surface area contributed by atoms with E-state index in [1.807, 2.05) is 0 Å². The van der Waals surface area contributed by atoms with Crippen molar-refractivity contribution in [3.8, 4) is 0 Å². The van der Waals surface area contributed by atoms with Crippen LogP contribution in [-0.2, 0) is 66.8 Å². The molecule has 0 saturated carbocycles. The average Bonchev–Trinajstić information content (AvgIpc) is 2.55. The fourth-order valence-corrected chi connectivity index (χ4v) is 1.32. The fraction of sp³-hybridized carbons (Fsp3) is 0.529. The molecule has 0 aliphatic heterocycles. The van der Waals surface area contributed by atoms with E-state index in [4.69, 9.17) is 9.47 Å². The first-order chi connectivity index (χ1) is 14.3. The average molecular weight is 450 g/mol. The highest BCUT2D eigenvalue weighted by molar-refractivity contribution is 5.98. The zero-order chi connectivity index (χ0) is 24.4. The van der Waals surface area contributed by atoms with Crippen molar-refractivity contribution in [3.05, 3.63) is 0 Å². The summed E-state index contributed by atoms with van der Waals surface area (Å²) in [5.74, 6) is -6.77.